The monoisotopic (exact) mass is 416 g/mol. The number of hydrogen-bond donors (Lipinski definition) is 0. The number of carbonyl (C=O) groups is 1. The zero-order valence-corrected chi connectivity index (χ0v) is 16.0. The highest BCUT2D eigenvalue weighted by atomic mass is 35.5. The first-order valence-electron chi connectivity index (χ1n) is 8.12. The molecule has 0 unspecified atom stereocenters. The van der Waals surface area contributed by atoms with E-state index in [0.29, 0.717) is 16.1 Å². The molecule has 0 radical (unpaired) electrons. The summed E-state index contributed by atoms with van der Waals surface area (Å²) in [6.45, 7) is 0. The summed E-state index contributed by atoms with van der Waals surface area (Å²) in [7, 11) is -3.97. The topological polar surface area (TPSA) is 60.4 Å². The zero-order chi connectivity index (χ0) is 20.1. The molecule has 0 saturated carbocycles. The fourth-order valence-electron chi connectivity index (χ4n) is 2.29. The van der Waals surface area contributed by atoms with Gasteiger partial charge in [0.15, 0.2) is 5.78 Å². The van der Waals surface area contributed by atoms with E-state index >= 15 is 0 Å². The second kappa shape index (κ2) is 8.37. The molecule has 0 aliphatic heterocycles. The van der Waals surface area contributed by atoms with Crippen LogP contribution >= 0.6 is 11.6 Å². The number of ketones is 1. The van der Waals surface area contributed by atoms with Crippen LogP contribution < -0.4 is 4.18 Å². The van der Waals surface area contributed by atoms with Crippen LogP contribution in [0.3, 0.4) is 0 Å². The molecule has 0 fully saturated rings. The van der Waals surface area contributed by atoms with Gasteiger partial charge in [0.2, 0.25) is 0 Å². The van der Waals surface area contributed by atoms with Gasteiger partial charge in [0.25, 0.3) is 0 Å². The van der Waals surface area contributed by atoms with Crippen molar-refractivity contribution in [1.29, 1.82) is 0 Å². The normalized spacial score (nSPS) is 11.5. The lowest BCUT2D eigenvalue weighted by molar-refractivity contribution is 0.104. The molecular formula is C21H14ClFO4S. The van der Waals surface area contributed by atoms with Crippen LogP contribution in [0.25, 0.3) is 6.08 Å². The van der Waals surface area contributed by atoms with Crippen molar-refractivity contribution in [2.24, 2.45) is 0 Å². The van der Waals surface area contributed by atoms with Crippen LogP contribution in [-0.4, -0.2) is 14.2 Å². The summed E-state index contributed by atoms with van der Waals surface area (Å²) >= 11 is 5.75. The first kappa shape index (κ1) is 19.8. The van der Waals surface area contributed by atoms with Gasteiger partial charge >= 0.3 is 10.1 Å². The molecule has 0 aliphatic carbocycles. The molecule has 0 atom stereocenters. The van der Waals surface area contributed by atoms with E-state index in [9.17, 15) is 17.6 Å². The summed E-state index contributed by atoms with van der Waals surface area (Å²) in [5.74, 6) is -0.549. The zero-order valence-electron chi connectivity index (χ0n) is 14.4. The van der Waals surface area contributed by atoms with Gasteiger partial charge in [0, 0.05) is 10.6 Å². The summed E-state index contributed by atoms with van der Waals surface area (Å²) in [5.41, 5.74) is 1.04. The van der Waals surface area contributed by atoms with Crippen molar-refractivity contribution in [2.75, 3.05) is 0 Å². The van der Waals surface area contributed by atoms with E-state index in [0.717, 1.165) is 0 Å². The van der Waals surface area contributed by atoms with E-state index in [1.807, 2.05) is 0 Å². The lowest BCUT2D eigenvalue weighted by Crippen LogP contribution is -2.09. The third-order valence-electron chi connectivity index (χ3n) is 3.74. The molecule has 0 bridgehead atoms. The van der Waals surface area contributed by atoms with Gasteiger partial charge in [-0.2, -0.15) is 8.42 Å². The Kier molecular flexibility index (Phi) is 5.92. The fraction of sp³-hybridized carbons (Fsp3) is 0. The highest BCUT2D eigenvalue weighted by molar-refractivity contribution is 7.87. The average Bonchev–Trinajstić information content (AvgIpc) is 2.68. The molecular weight excluding hydrogens is 403 g/mol. The molecule has 3 aromatic carbocycles. The fourth-order valence-corrected chi connectivity index (χ4v) is 3.35. The molecule has 0 aliphatic rings. The van der Waals surface area contributed by atoms with Gasteiger partial charge in [-0.05, 0) is 72.3 Å². The maximum atomic E-state index is 12.9. The third kappa shape index (κ3) is 5.06. The van der Waals surface area contributed by atoms with Gasteiger partial charge in [0.05, 0.1) is 0 Å². The van der Waals surface area contributed by atoms with E-state index in [4.69, 9.17) is 15.8 Å². The molecule has 3 aromatic rings. The first-order chi connectivity index (χ1) is 13.3. The van der Waals surface area contributed by atoms with Crippen LogP contribution in [0, 0.1) is 5.82 Å². The van der Waals surface area contributed by atoms with Crippen molar-refractivity contribution >= 4 is 33.6 Å². The van der Waals surface area contributed by atoms with Gasteiger partial charge in [0.1, 0.15) is 16.5 Å². The standard InChI is InChI=1S/C21H14ClFO4S/c22-17-6-12-20(13-7-17)28(25,26)27-19-10-1-15(2-11-19)3-14-21(24)16-4-8-18(23)9-5-16/h1-14H. The number of hydrogen-bond acceptors (Lipinski definition) is 4. The minimum Gasteiger partial charge on any atom is -0.379 e. The van der Waals surface area contributed by atoms with Gasteiger partial charge in [-0.3, -0.25) is 4.79 Å². The molecule has 142 valence electrons. The summed E-state index contributed by atoms with van der Waals surface area (Å²) < 4.78 is 42.5. The summed E-state index contributed by atoms with van der Waals surface area (Å²) in [5, 5.41) is 0.422. The predicted octanol–water partition coefficient (Wildman–Crippen LogP) is 5.14. The number of carbonyl (C=O) groups excluding carboxylic acids is 1. The van der Waals surface area contributed by atoms with Crippen molar-refractivity contribution in [2.45, 2.75) is 4.90 Å². The minimum absolute atomic E-state index is 0.00855. The van der Waals surface area contributed by atoms with Gasteiger partial charge in [-0.15, -0.1) is 0 Å². The van der Waals surface area contributed by atoms with Crippen LogP contribution in [-0.2, 0) is 10.1 Å². The van der Waals surface area contributed by atoms with Gasteiger partial charge in [-0.25, -0.2) is 4.39 Å². The number of allylic oxidation sites excluding steroid dienone is 1. The van der Waals surface area contributed by atoms with E-state index in [1.165, 1.54) is 66.7 Å². The van der Waals surface area contributed by atoms with Crippen molar-refractivity contribution in [1.82, 2.24) is 0 Å². The van der Waals surface area contributed by atoms with Crippen LogP contribution in [0.1, 0.15) is 15.9 Å². The van der Waals surface area contributed by atoms with Crippen molar-refractivity contribution in [3.63, 3.8) is 0 Å². The Hall–Kier alpha value is -2.96. The highest BCUT2D eigenvalue weighted by Crippen LogP contribution is 2.21. The first-order valence-corrected chi connectivity index (χ1v) is 9.90. The van der Waals surface area contributed by atoms with Crippen molar-refractivity contribution in [3.8, 4) is 5.75 Å². The average molecular weight is 417 g/mol. The van der Waals surface area contributed by atoms with E-state index < -0.39 is 15.9 Å². The maximum absolute atomic E-state index is 12.9. The molecule has 0 N–H and O–H groups in total. The molecule has 0 amide bonds. The van der Waals surface area contributed by atoms with Crippen molar-refractivity contribution < 1.29 is 21.8 Å². The Bertz CT molecular complexity index is 1100. The largest absolute Gasteiger partial charge is 0.379 e. The Morgan fingerprint density at radius 1 is 0.893 bits per heavy atom. The van der Waals surface area contributed by atoms with Crippen LogP contribution in [0.4, 0.5) is 4.39 Å². The summed E-state index contributed by atoms with van der Waals surface area (Å²) in [6, 6.07) is 17.1. The predicted molar refractivity (Wildman–Crippen MR) is 105 cm³/mol. The second-order valence-corrected chi connectivity index (χ2v) is 7.75. The Labute approximate surface area is 167 Å². The molecule has 0 aromatic heterocycles. The van der Waals surface area contributed by atoms with Crippen LogP contribution in [0.5, 0.6) is 5.75 Å². The Morgan fingerprint density at radius 3 is 2.11 bits per heavy atom. The van der Waals surface area contributed by atoms with E-state index in [1.54, 1.807) is 18.2 Å². The quantitative estimate of drug-likeness (QED) is 0.317. The molecule has 28 heavy (non-hydrogen) atoms. The molecule has 3 rings (SSSR count). The van der Waals surface area contributed by atoms with Crippen molar-refractivity contribution in [3.05, 3.63) is 101 Å². The van der Waals surface area contributed by atoms with E-state index in [-0.39, 0.29) is 16.4 Å². The summed E-state index contributed by atoms with van der Waals surface area (Å²) in [4.78, 5) is 12.0. The molecule has 7 heteroatoms. The Balaban J connectivity index is 1.68. The molecule has 0 spiro atoms. The SMILES string of the molecule is O=C(C=Cc1ccc(OS(=O)(=O)c2ccc(Cl)cc2)cc1)c1ccc(F)cc1. The maximum Gasteiger partial charge on any atom is 0.339 e. The number of halogens is 2. The van der Waals surface area contributed by atoms with Crippen LogP contribution in [0.2, 0.25) is 5.02 Å². The number of benzene rings is 3. The molecule has 4 nitrogen and oxygen atoms in total. The molecule has 0 saturated heterocycles. The minimum atomic E-state index is -3.97. The second-order valence-electron chi connectivity index (χ2n) is 5.76. The van der Waals surface area contributed by atoms with E-state index in [2.05, 4.69) is 0 Å². The smallest absolute Gasteiger partial charge is 0.339 e. The third-order valence-corrected chi connectivity index (χ3v) is 5.26. The Morgan fingerprint density at radius 2 is 1.50 bits per heavy atom. The van der Waals surface area contributed by atoms with Crippen LogP contribution in [0.15, 0.2) is 83.8 Å². The summed E-state index contributed by atoms with van der Waals surface area (Å²) in [6.07, 6.45) is 2.93. The number of rotatable bonds is 6. The molecule has 0 heterocycles. The lowest BCUT2D eigenvalue weighted by atomic mass is 10.1. The van der Waals surface area contributed by atoms with Gasteiger partial charge < -0.3 is 4.18 Å². The highest BCUT2D eigenvalue weighted by Gasteiger charge is 2.16. The lowest BCUT2D eigenvalue weighted by Gasteiger charge is -2.07. The van der Waals surface area contributed by atoms with Gasteiger partial charge in [-0.1, -0.05) is 29.8 Å².